The van der Waals surface area contributed by atoms with Gasteiger partial charge in [0.1, 0.15) is 12.4 Å². The van der Waals surface area contributed by atoms with E-state index in [9.17, 15) is 4.79 Å². The quantitative estimate of drug-likeness (QED) is 0.503. The monoisotopic (exact) mass is 375 g/mol. The number of benzene rings is 2. The van der Waals surface area contributed by atoms with Crippen molar-refractivity contribution in [3.8, 4) is 17.1 Å². The number of nitrogens with zero attached hydrogens (tertiary/aromatic N) is 3. The molecule has 0 N–H and O–H groups in total. The lowest BCUT2D eigenvalue weighted by Gasteiger charge is -2.02. The number of ether oxygens (including phenoxy) is 1. The van der Waals surface area contributed by atoms with Crippen molar-refractivity contribution in [2.75, 3.05) is 6.61 Å². The van der Waals surface area contributed by atoms with Crippen LogP contribution in [0.25, 0.3) is 22.4 Å². The van der Waals surface area contributed by atoms with E-state index in [0.717, 1.165) is 22.4 Å². The summed E-state index contributed by atoms with van der Waals surface area (Å²) in [7, 11) is 0. The number of hydrogen-bond donors (Lipinski definition) is 0. The smallest absolute Gasteiger partial charge is 0.291 e. The van der Waals surface area contributed by atoms with Crippen LogP contribution in [0.1, 0.15) is 11.1 Å². The third kappa shape index (κ3) is 3.39. The molecule has 0 aliphatic rings. The van der Waals surface area contributed by atoms with Crippen LogP contribution in [-0.2, 0) is 0 Å². The van der Waals surface area contributed by atoms with Crippen molar-refractivity contribution in [2.24, 2.45) is 0 Å². The molecule has 0 saturated heterocycles. The van der Waals surface area contributed by atoms with E-state index in [4.69, 9.17) is 4.74 Å². The lowest BCUT2D eigenvalue weighted by molar-refractivity contribution is 0.363. The molecule has 2 aromatic heterocycles. The minimum Gasteiger partial charge on any atom is -0.490 e. The number of aryl methyl sites for hydroxylation is 1. The van der Waals surface area contributed by atoms with Crippen LogP contribution in [0.2, 0.25) is 0 Å². The fraction of sp³-hybridized carbons (Fsp3) is 0.0952. The predicted octanol–water partition coefficient (Wildman–Crippen LogP) is 3.24. The first-order valence-corrected chi connectivity index (χ1v) is 9.28. The average molecular weight is 375 g/mol. The van der Waals surface area contributed by atoms with E-state index < -0.39 is 0 Å². The summed E-state index contributed by atoms with van der Waals surface area (Å²) in [4.78, 5) is 17.8. The molecule has 0 bridgehead atoms. The second-order valence-corrected chi connectivity index (χ2v) is 7.04. The van der Waals surface area contributed by atoms with Gasteiger partial charge in [0.05, 0.1) is 4.53 Å². The van der Waals surface area contributed by atoms with Crippen molar-refractivity contribution in [3.05, 3.63) is 87.2 Å². The highest BCUT2D eigenvalue weighted by Gasteiger charge is 2.13. The van der Waals surface area contributed by atoms with E-state index in [0.29, 0.717) is 21.9 Å². The van der Waals surface area contributed by atoms with Crippen LogP contribution in [-0.4, -0.2) is 21.2 Å². The fourth-order valence-corrected chi connectivity index (χ4v) is 3.65. The van der Waals surface area contributed by atoms with Gasteiger partial charge >= 0.3 is 0 Å². The third-order valence-electron chi connectivity index (χ3n) is 4.11. The molecule has 0 saturated carbocycles. The molecule has 2 aromatic carbocycles. The molecule has 134 valence electrons. The SMILES string of the molecule is C=CCOc1ccc(/C=c2\sc3nc(-c4ccccc4C)nn3c2=O)cc1. The van der Waals surface area contributed by atoms with Crippen LogP contribution in [0, 0.1) is 6.92 Å². The Labute approximate surface area is 159 Å². The van der Waals surface area contributed by atoms with Gasteiger partial charge in [-0.05, 0) is 36.3 Å². The summed E-state index contributed by atoms with van der Waals surface area (Å²) in [6.07, 6.45) is 3.54. The molecule has 0 spiro atoms. The van der Waals surface area contributed by atoms with Crippen LogP contribution >= 0.6 is 11.3 Å². The van der Waals surface area contributed by atoms with Crippen molar-refractivity contribution >= 4 is 22.4 Å². The third-order valence-corrected chi connectivity index (χ3v) is 5.07. The van der Waals surface area contributed by atoms with Gasteiger partial charge in [0.15, 0.2) is 5.82 Å². The van der Waals surface area contributed by atoms with Gasteiger partial charge < -0.3 is 4.74 Å². The summed E-state index contributed by atoms with van der Waals surface area (Å²) >= 11 is 1.33. The summed E-state index contributed by atoms with van der Waals surface area (Å²) < 4.78 is 7.44. The first-order chi connectivity index (χ1) is 13.2. The number of fused-ring (bicyclic) bond motifs is 1. The fourth-order valence-electron chi connectivity index (χ4n) is 2.74. The Bertz CT molecular complexity index is 1220. The first-order valence-electron chi connectivity index (χ1n) is 8.47. The molecule has 6 heteroatoms. The lowest BCUT2D eigenvalue weighted by Crippen LogP contribution is -2.23. The normalized spacial score (nSPS) is 11.8. The van der Waals surface area contributed by atoms with Gasteiger partial charge in [0, 0.05) is 5.56 Å². The zero-order valence-electron chi connectivity index (χ0n) is 14.8. The standard InChI is InChI=1S/C21H17N3O2S/c1-3-12-26-16-10-8-15(9-11-16)13-18-20(25)24-21(27-18)22-19(23-24)17-7-5-4-6-14(17)2/h3-11,13H,1,12H2,2H3/b18-13-. The van der Waals surface area contributed by atoms with Gasteiger partial charge in [0.2, 0.25) is 4.96 Å². The van der Waals surface area contributed by atoms with Crippen LogP contribution < -0.4 is 14.8 Å². The number of rotatable bonds is 5. The van der Waals surface area contributed by atoms with Crippen LogP contribution in [0.3, 0.4) is 0 Å². The second kappa shape index (κ2) is 7.17. The van der Waals surface area contributed by atoms with Gasteiger partial charge in [0.25, 0.3) is 5.56 Å². The summed E-state index contributed by atoms with van der Waals surface area (Å²) in [5, 5.41) is 4.41. The van der Waals surface area contributed by atoms with E-state index in [1.807, 2.05) is 61.5 Å². The highest BCUT2D eigenvalue weighted by Crippen LogP contribution is 2.20. The summed E-state index contributed by atoms with van der Waals surface area (Å²) in [6.45, 7) is 6.09. The maximum absolute atomic E-state index is 12.7. The molecule has 0 unspecified atom stereocenters. The van der Waals surface area contributed by atoms with Crippen molar-refractivity contribution in [3.63, 3.8) is 0 Å². The molecule has 0 amide bonds. The molecule has 5 nitrogen and oxygen atoms in total. The number of aromatic nitrogens is 3. The van der Waals surface area contributed by atoms with E-state index in [1.165, 1.54) is 15.9 Å². The molecule has 2 heterocycles. The van der Waals surface area contributed by atoms with Gasteiger partial charge in [-0.15, -0.1) is 5.10 Å². The van der Waals surface area contributed by atoms with Gasteiger partial charge in [-0.3, -0.25) is 4.79 Å². The summed E-state index contributed by atoms with van der Waals surface area (Å²) in [6, 6.07) is 15.4. The zero-order valence-corrected chi connectivity index (χ0v) is 15.6. The van der Waals surface area contributed by atoms with Crippen LogP contribution in [0.15, 0.2) is 66.0 Å². The summed E-state index contributed by atoms with van der Waals surface area (Å²) in [5.41, 5.74) is 2.78. The van der Waals surface area contributed by atoms with Crippen molar-refractivity contribution in [1.29, 1.82) is 0 Å². The Balaban J connectivity index is 1.69. The van der Waals surface area contributed by atoms with Gasteiger partial charge in [-0.25, -0.2) is 0 Å². The Morgan fingerprint density at radius 3 is 2.67 bits per heavy atom. The molecule has 0 radical (unpaired) electrons. The van der Waals surface area contributed by atoms with Crippen molar-refractivity contribution in [1.82, 2.24) is 14.6 Å². The van der Waals surface area contributed by atoms with Gasteiger partial charge in [-0.2, -0.15) is 9.50 Å². The molecule has 0 atom stereocenters. The molecule has 27 heavy (non-hydrogen) atoms. The van der Waals surface area contributed by atoms with Crippen LogP contribution in [0.4, 0.5) is 0 Å². The van der Waals surface area contributed by atoms with Crippen molar-refractivity contribution in [2.45, 2.75) is 6.92 Å². The second-order valence-electron chi connectivity index (χ2n) is 6.03. The van der Waals surface area contributed by atoms with E-state index in [2.05, 4.69) is 16.7 Å². The topological polar surface area (TPSA) is 56.5 Å². The Kier molecular flexibility index (Phi) is 4.56. The minimum absolute atomic E-state index is 0.158. The highest BCUT2D eigenvalue weighted by atomic mass is 32.1. The zero-order chi connectivity index (χ0) is 18.8. The maximum atomic E-state index is 12.7. The lowest BCUT2D eigenvalue weighted by atomic mass is 10.1. The van der Waals surface area contributed by atoms with Crippen LogP contribution in [0.5, 0.6) is 5.75 Å². The molecular weight excluding hydrogens is 358 g/mol. The average Bonchev–Trinajstić information content (AvgIpc) is 3.21. The predicted molar refractivity (Wildman–Crippen MR) is 108 cm³/mol. The molecule has 4 rings (SSSR count). The molecule has 4 aromatic rings. The maximum Gasteiger partial charge on any atom is 0.291 e. The largest absolute Gasteiger partial charge is 0.490 e. The Morgan fingerprint density at radius 2 is 1.96 bits per heavy atom. The highest BCUT2D eigenvalue weighted by molar-refractivity contribution is 7.15. The minimum atomic E-state index is -0.158. The van der Waals surface area contributed by atoms with E-state index >= 15 is 0 Å². The molecule has 0 fully saturated rings. The Hall–Kier alpha value is -3.25. The first kappa shape index (κ1) is 17.2. The summed E-state index contributed by atoms with van der Waals surface area (Å²) in [5.74, 6) is 1.34. The molecule has 0 aliphatic heterocycles. The van der Waals surface area contributed by atoms with Gasteiger partial charge in [-0.1, -0.05) is 60.4 Å². The number of thiazole rings is 1. The van der Waals surface area contributed by atoms with E-state index in [-0.39, 0.29) is 5.56 Å². The Morgan fingerprint density at radius 1 is 1.19 bits per heavy atom. The number of hydrogen-bond acceptors (Lipinski definition) is 5. The van der Waals surface area contributed by atoms with Crippen molar-refractivity contribution < 1.29 is 4.74 Å². The van der Waals surface area contributed by atoms with E-state index in [1.54, 1.807) is 6.08 Å². The molecular formula is C21H17N3O2S. The molecule has 0 aliphatic carbocycles.